The Balaban J connectivity index is 1.41. The van der Waals surface area contributed by atoms with Crippen LogP contribution in [0.4, 0.5) is 4.79 Å². The number of nitrogens with zero attached hydrogens (tertiary/aromatic N) is 3. The third-order valence-electron chi connectivity index (χ3n) is 8.65. The minimum atomic E-state index is -0.663. The van der Waals surface area contributed by atoms with Crippen molar-refractivity contribution in [2.45, 2.75) is 82.8 Å². The Bertz CT molecular complexity index is 1070. The van der Waals surface area contributed by atoms with Crippen LogP contribution in [0.25, 0.3) is 0 Å². The van der Waals surface area contributed by atoms with Crippen molar-refractivity contribution in [3.05, 3.63) is 48.0 Å². The van der Waals surface area contributed by atoms with Gasteiger partial charge in [-0.25, -0.2) is 9.78 Å². The van der Waals surface area contributed by atoms with Crippen LogP contribution in [0.3, 0.4) is 0 Å². The van der Waals surface area contributed by atoms with Crippen molar-refractivity contribution in [2.24, 2.45) is 13.0 Å². The number of amides is 3. The predicted octanol–water partition coefficient (Wildman–Crippen LogP) is 4.25. The maximum Gasteiger partial charge on any atom is 0.315 e. The van der Waals surface area contributed by atoms with E-state index in [-0.39, 0.29) is 17.5 Å². The quantitative estimate of drug-likeness (QED) is 0.410. The Hall–Kier alpha value is -3.07. The van der Waals surface area contributed by atoms with E-state index >= 15 is 0 Å². The zero-order valence-corrected chi connectivity index (χ0v) is 24.5. The van der Waals surface area contributed by atoms with Crippen LogP contribution < -0.4 is 15.4 Å². The largest absolute Gasteiger partial charge is 0.497 e. The number of rotatable bonds is 12. The van der Waals surface area contributed by atoms with Gasteiger partial charge >= 0.3 is 6.03 Å². The Labute approximate surface area is 239 Å². The second kappa shape index (κ2) is 14.5. The predicted molar refractivity (Wildman–Crippen MR) is 155 cm³/mol. The van der Waals surface area contributed by atoms with Crippen molar-refractivity contribution in [2.75, 3.05) is 33.4 Å². The number of piperidine rings is 1. The number of hydrogen-bond acceptors (Lipinski definition) is 5. The van der Waals surface area contributed by atoms with Crippen LogP contribution in [0.5, 0.6) is 5.75 Å². The fraction of sp³-hybridized carbons (Fsp3) is 0.645. The standard InChI is InChI=1S/C31H47N5O4/c1-4-20-40-31(25-8-6-5-7-9-25)15-18-36(19-16-31)29(37)28(21-24-10-12-27(39-3)13-11-24)34-30(38)33-17-14-26-22-32-23-35(26)2/h10-13,22-23,25,28H,4-9,14-21H2,1-3H3,(H2,33,34,38)/t28-/m1/s1. The van der Waals surface area contributed by atoms with Crippen LogP contribution in [0.2, 0.25) is 0 Å². The number of carbonyl (C=O) groups excluding carboxylic acids is 2. The highest BCUT2D eigenvalue weighted by Gasteiger charge is 2.44. The fourth-order valence-corrected chi connectivity index (χ4v) is 6.27. The van der Waals surface area contributed by atoms with Gasteiger partial charge in [0.1, 0.15) is 11.8 Å². The molecule has 40 heavy (non-hydrogen) atoms. The summed E-state index contributed by atoms with van der Waals surface area (Å²) in [6.45, 7) is 4.69. The van der Waals surface area contributed by atoms with E-state index in [1.54, 1.807) is 19.6 Å². The summed E-state index contributed by atoms with van der Waals surface area (Å²) in [6, 6.07) is 6.66. The SMILES string of the molecule is CCCOC1(C2CCCCC2)CCN(C(=O)[C@@H](Cc2ccc(OC)cc2)NC(=O)NCCc2cncn2C)CC1. The van der Waals surface area contributed by atoms with E-state index < -0.39 is 6.04 Å². The molecule has 0 unspecified atom stereocenters. The Morgan fingerprint density at radius 2 is 1.85 bits per heavy atom. The van der Waals surface area contributed by atoms with E-state index in [0.29, 0.717) is 38.4 Å². The van der Waals surface area contributed by atoms with Gasteiger partial charge in [-0.2, -0.15) is 0 Å². The van der Waals surface area contributed by atoms with Gasteiger partial charge in [0, 0.05) is 58.0 Å². The van der Waals surface area contributed by atoms with Crippen molar-refractivity contribution in [3.8, 4) is 5.75 Å². The minimum absolute atomic E-state index is 0.0367. The molecule has 1 aliphatic heterocycles. The van der Waals surface area contributed by atoms with E-state index in [1.807, 2.05) is 40.8 Å². The van der Waals surface area contributed by atoms with Gasteiger partial charge in [-0.1, -0.05) is 38.3 Å². The van der Waals surface area contributed by atoms with E-state index in [0.717, 1.165) is 42.9 Å². The molecule has 0 spiro atoms. The zero-order valence-electron chi connectivity index (χ0n) is 24.5. The van der Waals surface area contributed by atoms with Crippen molar-refractivity contribution in [1.29, 1.82) is 0 Å². The van der Waals surface area contributed by atoms with Gasteiger partial charge in [0.05, 0.1) is 19.0 Å². The molecule has 2 aromatic rings. The molecule has 4 rings (SSSR count). The number of ether oxygens (including phenoxy) is 2. The lowest BCUT2D eigenvalue weighted by Crippen LogP contribution is -2.57. The maximum atomic E-state index is 13.9. The van der Waals surface area contributed by atoms with Gasteiger partial charge in [0.15, 0.2) is 0 Å². The summed E-state index contributed by atoms with van der Waals surface area (Å²) in [5, 5.41) is 5.90. The van der Waals surface area contributed by atoms with Crippen molar-refractivity contribution < 1.29 is 19.1 Å². The van der Waals surface area contributed by atoms with Crippen molar-refractivity contribution in [1.82, 2.24) is 25.1 Å². The normalized spacial score (nSPS) is 18.2. The average Bonchev–Trinajstić information content (AvgIpc) is 3.40. The van der Waals surface area contributed by atoms with Gasteiger partial charge in [0.2, 0.25) is 5.91 Å². The molecule has 2 fully saturated rings. The first-order valence-electron chi connectivity index (χ1n) is 15.0. The molecule has 2 N–H and O–H groups in total. The topological polar surface area (TPSA) is 97.7 Å². The fourth-order valence-electron chi connectivity index (χ4n) is 6.27. The summed E-state index contributed by atoms with van der Waals surface area (Å²) in [7, 11) is 3.56. The lowest BCUT2D eigenvalue weighted by atomic mass is 9.72. The third kappa shape index (κ3) is 7.77. The number of aromatic nitrogens is 2. The minimum Gasteiger partial charge on any atom is -0.497 e. The number of methoxy groups -OCH3 is 1. The second-order valence-electron chi connectivity index (χ2n) is 11.3. The molecular weight excluding hydrogens is 506 g/mol. The number of benzene rings is 1. The number of urea groups is 1. The number of likely N-dealkylation sites (tertiary alicyclic amines) is 1. The Morgan fingerprint density at radius 3 is 2.48 bits per heavy atom. The summed E-state index contributed by atoms with van der Waals surface area (Å²) in [4.78, 5) is 32.8. The van der Waals surface area contributed by atoms with Crippen LogP contribution in [-0.2, 0) is 29.4 Å². The van der Waals surface area contributed by atoms with Gasteiger partial charge in [0.25, 0.3) is 0 Å². The van der Waals surface area contributed by atoms with Gasteiger partial charge in [-0.3, -0.25) is 4.79 Å². The number of carbonyl (C=O) groups is 2. The van der Waals surface area contributed by atoms with Gasteiger partial charge in [-0.05, 0) is 55.7 Å². The molecule has 2 heterocycles. The molecule has 1 saturated heterocycles. The van der Waals surface area contributed by atoms with Gasteiger partial charge < -0.3 is 29.6 Å². The molecule has 2 aliphatic rings. The molecule has 1 aliphatic carbocycles. The lowest BCUT2D eigenvalue weighted by Gasteiger charge is -2.48. The molecule has 9 nitrogen and oxygen atoms in total. The Morgan fingerprint density at radius 1 is 1.12 bits per heavy atom. The molecule has 3 amide bonds. The molecule has 1 saturated carbocycles. The number of hydrogen-bond donors (Lipinski definition) is 2. The maximum absolute atomic E-state index is 13.9. The van der Waals surface area contributed by atoms with Crippen LogP contribution in [0.1, 0.15) is 69.5 Å². The van der Waals surface area contributed by atoms with E-state index in [2.05, 4.69) is 22.5 Å². The molecule has 0 bridgehead atoms. The first kappa shape index (κ1) is 29.9. The molecular formula is C31H47N5O4. The van der Waals surface area contributed by atoms with Crippen LogP contribution >= 0.6 is 0 Å². The zero-order chi connectivity index (χ0) is 28.4. The molecule has 1 aromatic carbocycles. The summed E-state index contributed by atoms with van der Waals surface area (Å²) >= 11 is 0. The first-order chi connectivity index (χ1) is 19.4. The highest BCUT2D eigenvalue weighted by molar-refractivity contribution is 5.87. The molecule has 1 aromatic heterocycles. The van der Waals surface area contributed by atoms with Crippen molar-refractivity contribution in [3.63, 3.8) is 0 Å². The van der Waals surface area contributed by atoms with E-state index in [1.165, 1.54) is 32.1 Å². The molecule has 1 atom stereocenters. The first-order valence-corrected chi connectivity index (χ1v) is 15.0. The van der Waals surface area contributed by atoms with Crippen LogP contribution in [-0.4, -0.2) is 71.4 Å². The highest BCUT2D eigenvalue weighted by atomic mass is 16.5. The van der Waals surface area contributed by atoms with E-state index in [9.17, 15) is 9.59 Å². The van der Waals surface area contributed by atoms with Crippen LogP contribution in [0.15, 0.2) is 36.8 Å². The smallest absolute Gasteiger partial charge is 0.315 e. The molecule has 0 radical (unpaired) electrons. The van der Waals surface area contributed by atoms with Crippen molar-refractivity contribution >= 4 is 11.9 Å². The highest BCUT2D eigenvalue weighted by Crippen LogP contribution is 2.42. The summed E-state index contributed by atoms with van der Waals surface area (Å²) < 4.78 is 13.8. The summed E-state index contributed by atoms with van der Waals surface area (Å²) in [5.74, 6) is 1.29. The average molecular weight is 554 g/mol. The summed E-state index contributed by atoms with van der Waals surface area (Å²) in [6.07, 6.45) is 13.6. The van der Waals surface area contributed by atoms with E-state index in [4.69, 9.17) is 9.47 Å². The Kier molecular flexibility index (Phi) is 10.9. The van der Waals surface area contributed by atoms with Gasteiger partial charge in [-0.15, -0.1) is 0 Å². The number of imidazole rings is 1. The number of nitrogens with one attached hydrogen (secondary N) is 2. The second-order valence-corrected chi connectivity index (χ2v) is 11.3. The number of aryl methyl sites for hydroxylation is 1. The lowest BCUT2D eigenvalue weighted by molar-refractivity contribution is -0.149. The molecule has 220 valence electrons. The monoisotopic (exact) mass is 553 g/mol. The molecule has 9 heteroatoms. The summed E-state index contributed by atoms with van der Waals surface area (Å²) in [5.41, 5.74) is 1.87. The third-order valence-corrected chi connectivity index (χ3v) is 8.65. The van der Waals surface area contributed by atoms with Crippen LogP contribution in [0, 0.1) is 5.92 Å².